The summed E-state index contributed by atoms with van der Waals surface area (Å²) < 4.78 is 7.28. The number of halogens is 1. The van der Waals surface area contributed by atoms with Crippen LogP contribution in [0, 0.1) is 0 Å². The van der Waals surface area contributed by atoms with Gasteiger partial charge >= 0.3 is 0 Å². The molecule has 1 atom stereocenters. The minimum absolute atomic E-state index is 0.170. The van der Waals surface area contributed by atoms with Gasteiger partial charge in [-0.15, -0.1) is 5.10 Å². The van der Waals surface area contributed by atoms with Crippen LogP contribution in [-0.2, 0) is 4.74 Å². The van der Waals surface area contributed by atoms with E-state index in [1.165, 1.54) is 4.68 Å². The van der Waals surface area contributed by atoms with E-state index in [4.69, 9.17) is 16.3 Å². The predicted octanol–water partition coefficient (Wildman–Crippen LogP) is 2.84. The number of nitrogens with zero attached hydrogens (tertiary/aromatic N) is 4. The Labute approximate surface area is 160 Å². The van der Waals surface area contributed by atoms with E-state index in [1.807, 2.05) is 18.2 Å². The third-order valence-electron chi connectivity index (χ3n) is 4.38. The van der Waals surface area contributed by atoms with Gasteiger partial charge in [0, 0.05) is 11.6 Å². The monoisotopic (exact) mass is 384 g/mol. The van der Waals surface area contributed by atoms with E-state index in [0.717, 1.165) is 11.3 Å². The number of phenols is 1. The molecule has 0 saturated carbocycles. The summed E-state index contributed by atoms with van der Waals surface area (Å²) in [5.74, 6) is -0.0410. The molecule has 7 nitrogen and oxygen atoms in total. The molecule has 1 aliphatic heterocycles. The number of aromatic nitrogens is 3. The van der Waals surface area contributed by atoms with E-state index in [9.17, 15) is 9.90 Å². The Bertz CT molecular complexity index is 975. The highest BCUT2D eigenvalue weighted by Gasteiger charge is 2.28. The molecule has 1 unspecified atom stereocenters. The largest absolute Gasteiger partial charge is 0.508 e. The zero-order valence-corrected chi connectivity index (χ0v) is 15.1. The molecular formula is C19H17ClN4O3. The number of amides is 1. The topological polar surface area (TPSA) is 80.5 Å². The van der Waals surface area contributed by atoms with Gasteiger partial charge in [-0.3, -0.25) is 4.79 Å². The highest BCUT2D eigenvalue weighted by molar-refractivity contribution is 6.30. The first kappa shape index (κ1) is 17.5. The second-order valence-electron chi connectivity index (χ2n) is 6.23. The zero-order valence-electron chi connectivity index (χ0n) is 14.3. The number of morpholine rings is 1. The van der Waals surface area contributed by atoms with Gasteiger partial charge < -0.3 is 14.7 Å². The van der Waals surface area contributed by atoms with E-state index >= 15 is 0 Å². The Morgan fingerprint density at radius 3 is 2.89 bits per heavy atom. The number of hydrogen-bond donors (Lipinski definition) is 1. The van der Waals surface area contributed by atoms with Gasteiger partial charge in [0.05, 0.1) is 25.0 Å². The van der Waals surface area contributed by atoms with Crippen LogP contribution in [0.15, 0.2) is 54.7 Å². The van der Waals surface area contributed by atoms with E-state index in [2.05, 4.69) is 10.3 Å². The molecule has 0 bridgehead atoms. The number of phenolic OH excluding ortho intramolecular Hbond substituents is 1. The van der Waals surface area contributed by atoms with Gasteiger partial charge in [-0.1, -0.05) is 35.0 Å². The summed E-state index contributed by atoms with van der Waals surface area (Å²) in [6.07, 6.45) is 1.30. The lowest BCUT2D eigenvalue weighted by Crippen LogP contribution is -2.42. The van der Waals surface area contributed by atoms with Gasteiger partial charge in [-0.2, -0.15) is 0 Å². The standard InChI is InChI=1S/C19H17ClN4O3/c20-14-4-2-5-15(10-14)24-11-17(21-22-24)19(26)23-7-8-27-18(12-23)13-3-1-6-16(25)9-13/h1-6,9-11,18,25H,7-8,12H2. The number of benzene rings is 2. The fourth-order valence-electron chi connectivity index (χ4n) is 3.03. The highest BCUT2D eigenvalue weighted by Crippen LogP contribution is 2.25. The number of ether oxygens (including phenoxy) is 1. The van der Waals surface area contributed by atoms with Crippen LogP contribution in [0.4, 0.5) is 0 Å². The summed E-state index contributed by atoms with van der Waals surface area (Å²) in [5.41, 5.74) is 1.82. The number of aromatic hydroxyl groups is 1. The minimum atomic E-state index is -0.294. The average Bonchev–Trinajstić information content (AvgIpc) is 3.18. The van der Waals surface area contributed by atoms with Crippen molar-refractivity contribution < 1.29 is 14.6 Å². The molecule has 1 fully saturated rings. The molecule has 1 aliphatic rings. The zero-order chi connectivity index (χ0) is 18.8. The molecule has 1 aromatic heterocycles. The second kappa shape index (κ2) is 7.38. The van der Waals surface area contributed by atoms with Crippen molar-refractivity contribution in [3.63, 3.8) is 0 Å². The molecule has 0 aliphatic carbocycles. The molecule has 27 heavy (non-hydrogen) atoms. The molecule has 8 heteroatoms. The van der Waals surface area contributed by atoms with Crippen molar-refractivity contribution in [1.82, 2.24) is 19.9 Å². The maximum absolute atomic E-state index is 12.8. The molecule has 138 valence electrons. The first-order chi connectivity index (χ1) is 13.1. The lowest BCUT2D eigenvalue weighted by molar-refractivity contribution is -0.0230. The summed E-state index contributed by atoms with van der Waals surface area (Å²) in [6, 6.07) is 14.0. The van der Waals surface area contributed by atoms with Gasteiger partial charge in [0.2, 0.25) is 0 Å². The number of carbonyl (C=O) groups is 1. The highest BCUT2D eigenvalue weighted by atomic mass is 35.5. The van der Waals surface area contributed by atoms with Crippen molar-refractivity contribution >= 4 is 17.5 Å². The van der Waals surface area contributed by atoms with Crippen LogP contribution in [0.25, 0.3) is 5.69 Å². The summed E-state index contributed by atoms with van der Waals surface area (Å²) in [7, 11) is 0. The number of hydrogen-bond acceptors (Lipinski definition) is 5. The van der Waals surface area contributed by atoms with Crippen LogP contribution in [0.2, 0.25) is 5.02 Å². The lowest BCUT2D eigenvalue weighted by atomic mass is 10.1. The molecule has 2 heterocycles. The van der Waals surface area contributed by atoms with Crippen molar-refractivity contribution in [2.24, 2.45) is 0 Å². The number of carbonyl (C=O) groups excluding carboxylic acids is 1. The summed E-state index contributed by atoms with van der Waals surface area (Å²) in [5, 5.41) is 18.3. The Kier molecular flexibility index (Phi) is 4.79. The Hall–Kier alpha value is -2.90. The quantitative estimate of drug-likeness (QED) is 0.751. The van der Waals surface area contributed by atoms with Crippen LogP contribution >= 0.6 is 11.6 Å². The van der Waals surface area contributed by atoms with Crippen LogP contribution in [0.3, 0.4) is 0 Å². The predicted molar refractivity (Wildman–Crippen MR) is 99.1 cm³/mol. The summed E-state index contributed by atoms with van der Waals surface area (Å²) in [6.45, 7) is 1.26. The smallest absolute Gasteiger partial charge is 0.276 e. The van der Waals surface area contributed by atoms with Crippen LogP contribution < -0.4 is 0 Å². The van der Waals surface area contributed by atoms with Gasteiger partial charge in [0.15, 0.2) is 5.69 Å². The third-order valence-corrected chi connectivity index (χ3v) is 4.62. The van der Waals surface area contributed by atoms with Crippen LogP contribution in [-0.4, -0.2) is 50.6 Å². The Morgan fingerprint density at radius 2 is 2.07 bits per heavy atom. The normalized spacial score (nSPS) is 17.1. The minimum Gasteiger partial charge on any atom is -0.508 e. The SMILES string of the molecule is O=C(c1cn(-c2cccc(Cl)c2)nn1)N1CCOC(c2cccc(O)c2)C1. The maximum atomic E-state index is 12.8. The second-order valence-corrected chi connectivity index (χ2v) is 6.67. The fraction of sp³-hybridized carbons (Fsp3) is 0.211. The van der Waals surface area contributed by atoms with Crippen LogP contribution in [0.5, 0.6) is 5.75 Å². The third kappa shape index (κ3) is 3.79. The van der Waals surface area contributed by atoms with E-state index in [1.54, 1.807) is 41.4 Å². The van der Waals surface area contributed by atoms with Gasteiger partial charge in [0.25, 0.3) is 5.91 Å². The summed E-state index contributed by atoms with van der Waals surface area (Å²) >= 11 is 6.00. The molecular weight excluding hydrogens is 368 g/mol. The molecule has 0 radical (unpaired) electrons. The van der Waals surface area contributed by atoms with Crippen molar-refractivity contribution in [2.75, 3.05) is 19.7 Å². The Morgan fingerprint density at radius 1 is 1.22 bits per heavy atom. The molecule has 1 amide bonds. The molecule has 1 N–H and O–H groups in total. The van der Waals surface area contributed by atoms with Crippen molar-refractivity contribution in [3.8, 4) is 11.4 Å². The van der Waals surface area contributed by atoms with Gasteiger partial charge in [-0.05, 0) is 35.9 Å². The average molecular weight is 385 g/mol. The Balaban J connectivity index is 1.51. The lowest BCUT2D eigenvalue weighted by Gasteiger charge is -2.32. The van der Waals surface area contributed by atoms with Crippen molar-refractivity contribution in [1.29, 1.82) is 0 Å². The summed E-state index contributed by atoms with van der Waals surface area (Å²) in [4.78, 5) is 14.5. The van der Waals surface area contributed by atoms with Crippen LogP contribution in [0.1, 0.15) is 22.2 Å². The van der Waals surface area contributed by atoms with Gasteiger partial charge in [-0.25, -0.2) is 4.68 Å². The molecule has 4 rings (SSSR count). The molecule has 2 aromatic carbocycles. The maximum Gasteiger partial charge on any atom is 0.276 e. The van der Waals surface area contributed by atoms with Crippen molar-refractivity contribution in [3.05, 3.63) is 71.0 Å². The molecule has 1 saturated heterocycles. The first-order valence-electron chi connectivity index (χ1n) is 8.48. The van der Waals surface area contributed by atoms with E-state index < -0.39 is 0 Å². The molecule has 3 aromatic rings. The van der Waals surface area contributed by atoms with Gasteiger partial charge in [0.1, 0.15) is 11.9 Å². The van der Waals surface area contributed by atoms with E-state index in [0.29, 0.717) is 24.7 Å². The fourth-order valence-corrected chi connectivity index (χ4v) is 3.21. The first-order valence-corrected chi connectivity index (χ1v) is 8.86. The van der Waals surface area contributed by atoms with Crippen molar-refractivity contribution in [2.45, 2.75) is 6.10 Å². The molecule has 0 spiro atoms. The van der Waals surface area contributed by atoms with E-state index in [-0.39, 0.29) is 23.5 Å². The number of rotatable bonds is 3.